The molecule has 0 spiro atoms. The molecule has 1 N–H and O–H groups in total. The summed E-state index contributed by atoms with van der Waals surface area (Å²) in [5.41, 5.74) is 1.19. The SMILES string of the molecule is CCCCCCCCCCC(=O)COc1cccc2c1CN(C1CCC(=O)NC1=O)C2=O. The maximum atomic E-state index is 12.8. The van der Waals surface area contributed by atoms with E-state index in [1.807, 2.05) is 0 Å². The quantitative estimate of drug-likeness (QED) is 0.369. The zero-order valence-electron chi connectivity index (χ0n) is 19.0. The summed E-state index contributed by atoms with van der Waals surface area (Å²) >= 11 is 0. The van der Waals surface area contributed by atoms with Gasteiger partial charge in [-0.05, 0) is 25.0 Å². The standard InChI is InChI=1S/C25H34N2O5/c1-2-3-4-5-6-7-8-9-11-18(28)17-32-22-13-10-12-19-20(22)16-27(25(19)31)21-14-15-23(29)26-24(21)30/h10,12-13,21H,2-9,11,14-17H2,1H3,(H,26,29,30). The summed E-state index contributed by atoms with van der Waals surface area (Å²) in [6, 6.07) is 4.52. The Morgan fingerprint density at radius 1 is 1.06 bits per heavy atom. The van der Waals surface area contributed by atoms with Crippen LogP contribution in [0, 0.1) is 0 Å². The average Bonchev–Trinajstić information content (AvgIpc) is 3.11. The molecule has 3 rings (SSSR count). The largest absolute Gasteiger partial charge is 0.485 e. The monoisotopic (exact) mass is 442 g/mol. The van der Waals surface area contributed by atoms with Gasteiger partial charge in [0.05, 0.1) is 6.54 Å². The summed E-state index contributed by atoms with van der Waals surface area (Å²) < 4.78 is 5.78. The number of benzene rings is 1. The molecular formula is C25H34N2O5. The minimum Gasteiger partial charge on any atom is -0.485 e. The lowest BCUT2D eigenvalue weighted by molar-refractivity contribution is -0.137. The molecule has 1 unspecified atom stereocenters. The molecule has 174 valence electrons. The van der Waals surface area contributed by atoms with Gasteiger partial charge in [0.15, 0.2) is 5.78 Å². The number of piperidine rings is 1. The zero-order chi connectivity index (χ0) is 22.9. The summed E-state index contributed by atoms with van der Waals surface area (Å²) in [6.45, 7) is 2.44. The highest BCUT2D eigenvalue weighted by atomic mass is 16.5. The predicted octanol–water partition coefficient (Wildman–Crippen LogP) is 3.93. The van der Waals surface area contributed by atoms with Crippen molar-refractivity contribution in [2.24, 2.45) is 0 Å². The van der Waals surface area contributed by atoms with Gasteiger partial charge in [-0.3, -0.25) is 24.5 Å². The van der Waals surface area contributed by atoms with Crippen LogP contribution in [0.1, 0.15) is 93.5 Å². The third-order valence-corrected chi connectivity index (χ3v) is 6.24. The van der Waals surface area contributed by atoms with Gasteiger partial charge in [-0.15, -0.1) is 0 Å². The minimum absolute atomic E-state index is 0.0143. The zero-order valence-corrected chi connectivity index (χ0v) is 19.0. The van der Waals surface area contributed by atoms with E-state index in [-0.39, 0.29) is 37.2 Å². The first kappa shape index (κ1) is 24.0. The van der Waals surface area contributed by atoms with E-state index in [1.165, 1.54) is 43.4 Å². The van der Waals surface area contributed by atoms with Crippen molar-refractivity contribution in [3.8, 4) is 5.75 Å². The average molecular weight is 443 g/mol. The molecule has 1 aromatic rings. The van der Waals surface area contributed by atoms with Crippen molar-refractivity contribution >= 4 is 23.5 Å². The summed E-state index contributed by atoms with van der Waals surface area (Å²) in [5.74, 6) is -0.431. The second-order valence-electron chi connectivity index (χ2n) is 8.73. The Bertz CT molecular complexity index is 851. The van der Waals surface area contributed by atoms with Gasteiger partial charge in [0.25, 0.3) is 5.91 Å². The van der Waals surface area contributed by atoms with Gasteiger partial charge >= 0.3 is 0 Å². The number of carbonyl (C=O) groups excluding carboxylic acids is 4. The number of hydrogen-bond donors (Lipinski definition) is 1. The lowest BCUT2D eigenvalue weighted by Gasteiger charge is -2.29. The molecule has 0 aliphatic carbocycles. The van der Waals surface area contributed by atoms with Crippen LogP contribution >= 0.6 is 0 Å². The first-order valence-electron chi connectivity index (χ1n) is 11.9. The summed E-state index contributed by atoms with van der Waals surface area (Å²) in [5, 5.41) is 2.30. The summed E-state index contributed by atoms with van der Waals surface area (Å²) in [7, 11) is 0. The molecule has 2 heterocycles. The van der Waals surface area contributed by atoms with Crippen molar-refractivity contribution < 1.29 is 23.9 Å². The molecule has 1 aromatic carbocycles. The van der Waals surface area contributed by atoms with Crippen molar-refractivity contribution in [2.45, 2.75) is 90.1 Å². The number of amides is 3. The molecule has 0 saturated carbocycles. The van der Waals surface area contributed by atoms with Crippen LogP contribution in [0.2, 0.25) is 0 Å². The van der Waals surface area contributed by atoms with Crippen LogP contribution in [0.5, 0.6) is 5.75 Å². The molecule has 0 radical (unpaired) electrons. The Kier molecular flexibility index (Phi) is 8.82. The van der Waals surface area contributed by atoms with Gasteiger partial charge in [0.1, 0.15) is 18.4 Å². The summed E-state index contributed by atoms with van der Waals surface area (Å²) in [6.07, 6.45) is 10.5. The Labute approximate surface area is 189 Å². The number of nitrogens with one attached hydrogen (secondary N) is 1. The Morgan fingerprint density at radius 2 is 1.78 bits per heavy atom. The van der Waals surface area contributed by atoms with Crippen molar-refractivity contribution in [3.05, 3.63) is 29.3 Å². The number of imide groups is 1. The topological polar surface area (TPSA) is 92.8 Å². The number of rotatable bonds is 13. The van der Waals surface area contributed by atoms with Gasteiger partial charge < -0.3 is 9.64 Å². The molecule has 1 atom stereocenters. The highest BCUT2D eigenvalue weighted by Crippen LogP contribution is 2.33. The molecule has 32 heavy (non-hydrogen) atoms. The van der Waals surface area contributed by atoms with E-state index in [9.17, 15) is 19.2 Å². The number of carbonyl (C=O) groups is 4. The third kappa shape index (κ3) is 6.17. The number of fused-ring (bicyclic) bond motifs is 1. The van der Waals surface area contributed by atoms with Crippen molar-refractivity contribution in [3.63, 3.8) is 0 Å². The first-order chi connectivity index (χ1) is 15.5. The van der Waals surface area contributed by atoms with Crippen LogP contribution in [0.4, 0.5) is 0 Å². The summed E-state index contributed by atoms with van der Waals surface area (Å²) in [4.78, 5) is 50.2. The molecular weight excluding hydrogens is 408 g/mol. The number of Topliss-reactive ketones (excluding diaryl/α,β-unsaturated/α-hetero) is 1. The molecule has 2 aliphatic heterocycles. The number of ether oxygens (including phenoxy) is 1. The molecule has 7 nitrogen and oxygen atoms in total. The van der Waals surface area contributed by atoms with Gasteiger partial charge in [0.2, 0.25) is 11.8 Å². The van der Waals surface area contributed by atoms with E-state index in [0.717, 1.165) is 12.8 Å². The van der Waals surface area contributed by atoms with E-state index < -0.39 is 11.9 Å². The fourth-order valence-corrected chi connectivity index (χ4v) is 4.38. The molecule has 7 heteroatoms. The molecule has 3 amide bonds. The fraction of sp³-hybridized carbons (Fsp3) is 0.600. The van der Waals surface area contributed by atoms with E-state index in [1.54, 1.807) is 18.2 Å². The van der Waals surface area contributed by atoms with Crippen LogP contribution in [0.15, 0.2) is 18.2 Å². The first-order valence-corrected chi connectivity index (χ1v) is 11.9. The van der Waals surface area contributed by atoms with E-state index >= 15 is 0 Å². The van der Waals surface area contributed by atoms with Crippen molar-refractivity contribution in [1.82, 2.24) is 10.2 Å². The van der Waals surface area contributed by atoms with E-state index in [2.05, 4.69) is 12.2 Å². The smallest absolute Gasteiger partial charge is 0.255 e. The second-order valence-corrected chi connectivity index (χ2v) is 8.73. The lowest BCUT2D eigenvalue weighted by Crippen LogP contribution is -2.52. The van der Waals surface area contributed by atoms with Crippen LogP contribution < -0.4 is 10.1 Å². The normalized spacial score (nSPS) is 18.0. The molecule has 0 bridgehead atoms. The maximum Gasteiger partial charge on any atom is 0.255 e. The van der Waals surface area contributed by atoms with Gasteiger partial charge in [-0.25, -0.2) is 0 Å². The predicted molar refractivity (Wildman–Crippen MR) is 120 cm³/mol. The van der Waals surface area contributed by atoms with Crippen molar-refractivity contribution in [1.29, 1.82) is 0 Å². The van der Waals surface area contributed by atoms with Crippen LogP contribution in [-0.2, 0) is 20.9 Å². The van der Waals surface area contributed by atoms with Gasteiger partial charge in [-0.2, -0.15) is 0 Å². The highest BCUT2D eigenvalue weighted by Gasteiger charge is 2.40. The van der Waals surface area contributed by atoms with E-state index in [0.29, 0.717) is 29.7 Å². The van der Waals surface area contributed by atoms with E-state index in [4.69, 9.17) is 4.74 Å². The molecule has 1 saturated heterocycles. The van der Waals surface area contributed by atoms with Gasteiger partial charge in [-0.1, -0.05) is 57.9 Å². The number of hydrogen-bond acceptors (Lipinski definition) is 5. The Balaban J connectivity index is 1.46. The van der Waals surface area contributed by atoms with Gasteiger partial charge in [0, 0.05) is 24.0 Å². The van der Waals surface area contributed by atoms with Crippen LogP contribution in [-0.4, -0.2) is 41.1 Å². The fourth-order valence-electron chi connectivity index (χ4n) is 4.38. The molecule has 2 aliphatic rings. The van der Waals surface area contributed by atoms with Crippen LogP contribution in [0.3, 0.4) is 0 Å². The lowest BCUT2D eigenvalue weighted by atomic mass is 10.0. The molecule has 0 aromatic heterocycles. The number of unbranched alkanes of at least 4 members (excludes halogenated alkanes) is 7. The van der Waals surface area contributed by atoms with Crippen LogP contribution in [0.25, 0.3) is 0 Å². The number of ketones is 1. The Hall–Kier alpha value is -2.70. The Morgan fingerprint density at radius 3 is 2.50 bits per heavy atom. The molecule has 1 fully saturated rings. The third-order valence-electron chi connectivity index (χ3n) is 6.24. The van der Waals surface area contributed by atoms with Crippen molar-refractivity contribution in [2.75, 3.05) is 6.61 Å². The highest BCUT2D eigenvalue weighted by molar-refractivity contribution is 6.05. The maximum absolute atomic E-state index is 12.8. The minimum atomic E-state index is -0.663. The number of nitrogens with zero attached hydrogens (tertiary/aromatic N) is 1. The second kappa shape index (κ2) is 11.8.